The lowest BCUT2D eigenvalue weighted by molar-refractivity contribution is 0.0605. The van der Waals surface area contributed by atoms with E-state index in [0.29, 0.717) is 19.6 Å². The molecule has 3 rings (SSSR count). The number of pyridine rings is 1. The number of nitrogens with one attached hydrogen (secondary N) is 1. The first-order valence-electron chi connectivity index (χ1n) is 11.8. The van der Waals surface area contributed by atoms with Gasteiger partial charge in [-0.3, -0.25) is 14.4 Å². The quantitative estimate of drug-likeness (QED) is 0.661. The minimum absolute atomic E-state index is 0.00514. The van der Waals surface area contributed by atoms with Gasteiger partial charge in [0.25, 0.3) is 11.8 Å². The molecule has 1 fully saturated rings. The average Bonchev–Trinajstić information content (AvgIpc) is 2.83. The summed E-state index contributed by atoms with van der Waals surface area (Å²) in [5, 5.41) is 2.82. The number of hydrogen-bond donors (Lipinski definition) is 1. The van der Waals surface area contributed by atoms with Crippen molar-refractivity contribution in [1.82, 2.24) is 14.8 Å². The summed E-state index contributed by atoms with van der Waals surface area (Å²) in [6.07, 6.45) is 6.92. The lowest BCUT2D eigenvalue weighted by Gasteiger charge is -2.35. The predicted octanol–water partition coefficient (Wildman–Crippen LogP) is 3.70. The number of carbonyl (C=O) groups is 2. The molecule has 0 aliphatic carbocycles. The Kier molecular flexibility index (Phi) is 8.31. The fourth-order valence-electron chi connectivity index (χ4n) is 4.26. The third-order valence-electron chi connectivity index (χ3n) is 6.08. The minimum Gasteiger partial charge on any atom is -0.497 e. The van der Waals surface area contributed by atoms with Gasteiger partial charge in [0, 0.05) is 38.1 Å². The molecule has 1 aromatic heterocycles. The molecule has 2 heterocycles. The van der Waals surface area contributed by atoms with Gasteiger partial charge in [0.1, 0.15) is 16.9 Å². The Morgan fingerprint density at radius 2 is 1.94 bits per heavy atom. The number of aromatic nitrogens is 1. The van der Waals surface area contributed by atoms with Gasteiger partial charge in [0.15, 0.2) is 0 Å². The van der Waals surface area contributed by atoms with Gasteiger partial charge in [0.05, 0.1) is 7.11 Å². The van der Waals surface area contributed by atoms with Crippen molar-refractivity contribution in [3.63, 3.8) is 0 Å². The zero-order valence-corrected chi connectivity index (χ0v) is 20.1. The first kappa shape index (κ1) is 24.6. The van der Waals surface area contributed by atoms with Crippen LogP contribution in [0.1, 0.15) is 72.7 Å². The summed E-state index contributed by atoms with van der Waals surface area (Å²) >= 11 is 0. The van der Waals surface area contributed by atoms with Gasteiger partial charge < -0.3 is 19.5 Å². The maximum absolute atomic E-state index is 13.5. The van der Waals surface area contributed by atoms with E-state index < -0.39 is 11.3 Å². The number of likely N-dealkylation sites (tertiary alicyclic amines) is 1. The van der Waals surface area contributed by atoms with Gasteiger partial charge in [-0.05, 0) is 49.3 Å². The van der Waals surface area contributed by atoms with Gasteiger partial charge in [-0.25, -0.2) is 0 Å². The Hall–Kier alpha value is -3.09. The van der Waals surface area contributed by atoms with Crippen molar-refractivity contribution in [2.75, 3.05) is 20.2 Å². The number of rotatable bonds is 8. The molecule has 0 saturated carbocycles. The molecule has 33 heavy (non-hydrogen) atoms. The van der Waals surface area contributed by atoms with E-state index in [4.69, 9.17) is 4.74 Å². The SMILES string of the molecule is CC[C@@H]1CCCCN1C(=O)c1cn(Cc2cccc(OC)c2)cc(C(=O)NCC(C)C)c1=O. The highest BCUT2D eigenvalue weighted by atomic mass is 16.5. The summed E-state index contributed by atoms with van der Waals surface area (Å²) < 4.78 is 7.06. The van der Waals surface area contributed by atoms with Crippen LogP contribution in [0.2, 0.25) is 0 Å². The molecule has 7 nitrogen and oxygen atoms in total. The standard InChI is InChI=1S/C26H35N3O4/c1-5-20-10-6-7-12-29(20)26(32)23-17-28(15-19-9-8-11-21(13-19)33-4)16-22(24(23)30)25(31)27-14-18(2)3/h8-9,11,13,16-18,20H,5-7,10,12,14-15H2,1-4H3,(H,27,31)/t20-/m1/s1. The molecule has 1 saturated heterocycles. The largest absolute Gasteiger partial charge is 0.497 e. The van der Waals surface area contributed by atoms with E-state index >= 15 is 0 Å². The summed E-state index contributed by atoms with van der Waals surface area (Å²) in [5.41, 5.74) is 0.475. The van der Waals surface area contributed by atoms with Crippen LogP contribution in [0.15, 0.2) is 41.5 Å². The van der Waals surface area contributed by atoms with Crippen LogP contribution < -0.4 is 15.5 Å². The van der Waals surface area contributed by atoms with Crippen molar-refractivity contribution in [2.45, 2.75) is 59.0 Å². The normalized spacial score (nSPS) is 16.0. The number of amides is 2. The van der Waals surface area contributed by atoms with E-state index in [9.17, 15) is 14.4 Å². The van der Waals surface area contributed by atoms with Crippen LogP contribution in [-0.4, -0.2) is 47.5 Å². The summed E-state index contributed by atoms with van der Waals surface area (Å²) in [6, 6.07) is 7.71. The van der Waals surface area contributed by atoms with Crippen molar-refractivity contribution in [2.24, 2.45) is 5.92 Å². The highest BCUT2D eigenvalue weighted by Gasteiger charge is 2.29. The Balaban J connectivity index is 2.02. The maximum atomic E-state index is 13.5. The molecule has 1 aliphatic heterocycles. The molecule has 0 spiro atoms. The number of benzene rings is 1. The molecular formula is C26H35N3O4. The zero-order valence-electron chi connectivity index (χ0n) is 20.1. The molecule has 1 atom stereocenters. The molecule has 0 radical (unpaired) electrons. The summed E-state index contributed by atoms with van der Waals surface area (Å²) in [5.74, 6) is 0.230. The van der Waals surface area contributed by atoms with Crippen LogP contribution in [0, 0.1) is 5.92 Å². The third-order valence-corrected chi connectivity index (χ3v) is 6.08. The number of piperidine rings is 1. The van der Waals surface area contributed by atoms with Crippen molar-refractivity contribution in [3.8, 4) is 5.75 Å². The second-order valence-corrected chi connectivity index (χ2v) is 9.10. The Labute approximate surface area is 195 Å². The van der Waals surface area contributed by atoms with Gasteiger partial charge >= 0.3 is 0 Å². The fourth-order valence-corrected chi connectivity index (χ4v) is 4.26. The number of ether oxygens (including phenoxy) is 1. The topological polar surface area (TPSA) is 80.6 Å². The molecule has 178 valence electrons. The van der Waals surface area contributed by atoms with Crippen LogP contribution >= 0.6 is 0 Å². The molecule has 1 aliphatic rings. The Morgan fingerprint density at radius 3 is 2.64 bits per heavy atom. The summed E-state index contributed by atoms with van der Waals surface area (Å²) in [7, 11) is 1.61. The van der Waals surface area contributed by atoms with Gasteiger partial charge in [-0.2, -0.15) is 0 Å². The summed E-state index contributed by atoms with van der Waals surface area (Å²) in [6.45, 7) is 7.53. The Bertz CT molecular complexity index is 1040. The minimum atomic E-state index is -0.511. The van der Waals surface area contributed by atoms with Crippen molar-refractivity contribution < 1.29 is 14.3 Å². The number of carbonyl (C=O) groups excluding carboxylic acids is 2. The van der Waals surface area contributed by atoms with Gasteiger partial charge in [-0.1, -0.05) is 32.9 Å². The average molecular weight is 454 g/mol. The van der Waals surface area contributed by atoms with Gasteiger partial charge in [0.2, 0.25) is 5.43 Å². The highest BCUT2D eigenvalue weighted by Crippen LogP contribution is 2.21. The predicted molar refractivity (Wildman–Crippen MR) is 129 cm³/mol. The van der Waals surface area contributed by atoms with Gasteiger partial charge in [-0.15, -0.1) is 0 Å². The number of methoxy groups -OCH3 is 1. The van der Waals surface area contributed by atoms with E-state index in [1.807, 2.05) is 43.0 Å². The van der Waals surface area contributed by atoms with Crippen molar-refractivity contribution in [1.29, 1.82) is 0 Å². The first-order valence-corrected chi connectivity index (χ1v) is 11.8. The molecule has 0 bridgehead atoms. The smallest absolute Gasteiger partial charge is 0.259 e. The second kappa shape index (κ2) is 11.2. The summed E-state index contributed by atoms with van der Waals surface area (Å²) in [4.78, 5) is 41.5. The Morgan fingerprint density at radius 1 is 1.18 bits per heavy atom. The second-order valence-electron chi connectivity index (χ2n) is 9.10. The van der Waals surface area contributed by atoms with Crippen molar-refractivity contribution in [3.05, 3.63) is 63.6 Å². The molecule has 2 amide bonds. The lowest BCUT2D eigenvalue weighted by Crippen LogP contribution is -2.45. The van der Waals surface area contributed by atoms with E-state index in [1.54, 1.807) is 24.1 Å². The van der Waals surface area contributed by atoms with E-state index in [-0.39, 0.29) is 29.0 Å². The highest BCUT2D eigenvalue weighted by molar-refractivity contribution is 5.99. The van der Waals surface area contributed by atoms with Crippen LogP contribution in [0.3, 0.4) is 0 Å². The molecule has 0 unspecified atom stereocenters. The zero-order chi connectivity index (χ0) is 24.0. The van der Waals surface area contributed by atoms with E-state index in [1.165, 1.54) is 0 Å². The first-order chi connectivity index (χ1) is 15.8. The van der Waals surface area contributed by atoms with Crippen LogP contribution in [0.5, 0.6) is 5.75 Å². The molecule has 1 N–H and O–H groups in total. The monoisotopic (exact) mass is 453 g/mol. The van der Waals surface area contributed by atoms with Crippen LogP contribution in [0.4, 0.5) is 0 Å². The number of hydrogen-bond acceptors (Lipinski definition) is 4. The van der Waals surface area contributed by atoms with Crippen LogP contribution in [0.25, 0.3) is 0 Å². The third kappa shape index (κ3) is 6.03. The molecule has 1 aromatic carbocycles. The molecular weight excluding hydrogens is 418 g/mol. The number of nitrogens with zero attached hydrogens (tertiary/aromatic N) is 2. The van der Waals surface area contributed by atoms with E-state index in [2.05, 4.69) is 12.2 Å². The van der Waals surface area contributed by atoms with E-state index in [0.717, 1.165) is 37.0 Å². The van der Waals surface area contributed by atoms with Crippen LogP contribution in [-0.2, 0) is 6.54 Å². The molecule has 7 heteroatoms. The van der Waals surface area contributed by atoms with Crippen molar-refractivity contribution >= 4 is 11.8 Å². The maximum Gasteiger partial charge on any atom is 0.259 e. The molecule has 2 aromatic rings. The lowest BCUT2D eigenvalue weighted by atomic mass is 9.98. The fraction of sp³-hybridized carbons (Fsp3) is 0.500.